The summed E-state index contributed by atoms with van der Waals surface area (Å²) in [4.78, 5) is 0. The Morgan fingerprint density at radius 3 is 1.83 bits per heavy atom. The molecule has 0 bridgehead atoms. The second-order valence-corrected chi connectivity index (χ2v) is 4.05. The molecule has 0 rings (SSSR count). The summed E-state index contributed by atoms with van der Waals surface area (Å²) in [5.74, 6) is 0. The van der Waals surface area contributed by atoms with Crippen molar-refractivity contribution in [3.63, 3.8) is 0 Å². The summed E-state index contributed by atoms with van der Waals surface area (Å²) in [6.45, 7) is 0.240. The molecule has 0 aromatic carbocycles. The van der Waals surface area contributed by atoms with Crippen LogP contribution >= 0.6 is 0 Å². The van der Waals surface area contributed by atoms with Crippen LogP contribution in [0.4, 0.5) is 26.3 Å². The maximum Gasteiger partial charge on any atom is 0.423 e. The van der Waals surface area contributed by atoms with Gasteiger partial charge in [-0.25, -0.2) is 0 Å². The second kappa shape index (κ2) is 6.07. The molecule has 0 saturated carbocycles. The lowest BCUT2D eigenvalue weighted by Gasteiger charge is -2.29. The van der Waals surface area contributed by atoms with E-state index in [1.54, 1.807) is 0 Å². The van der Waals surface area contributed by atoms with Crippen molar-refractivity contribution in [1.29, 1.82) is 0 Å². The van der Waals surface area contributed by atoms with Crippen molar-refractivity contribution in [1.82, 2.24) is 5.32 Å². The molecular weight excluding hydrogens is 268 g/mol. The van der Waals surface area contributed by atoms with Crippen LogP contribution in [0.2, 0.25) is 0 Å². The molecular formula is C9H15F6NO2. The number of halogens is 6. The van der Waals surface area contributed by atoms with Gasteiger partial charge in [-0.05, 0) is 20.4 Å². The van der Waals surface area contributed by atoms with E-state index < -0.39 is 37.2 Å². The van der Waals surface area contributed by atoms with E-state index in [1.807, 2.05) is 0 Å². The first kappa shape index (κ1) is 17.5. The van der Waals surface area contributed by atoms with E-state index in [9.17, 15) is 26.3 Å². The van der Waals surface area contributed by atoms with E-state index in [0.717, 1.165) is 0 Å². The van der Waals surface area contributed by atoms with Crippen molar-refractivity contribution in [2.45, 2.75) is 37.3 Å². The highest BCUT2D eigenvalue weighted by Gasteiger charge is 2.57. The molecule has 0 saturated heterocycles. The number of nitrogens with one attached hydrogen (secondary N) is 1. The lowest BCUT2D eigenvalue weighted by Crippen LogP contribution is -2.47. The first-order valence-corrected chi connectivity index (χ1v) is 5.01. The predicted octanol–water partition coefficient (Wildman–Crippen LogP) is 1.86. The third-order valence-electron chi connectivity index (χ3n) is 2.49. The smallest absolute Gasteiger partial charge is 0.394 e. The van der Waals surface area contributed by atoms with Crippen LogP contribution in [-0.4, -0.2) is 49.4 Å². The molecule has 9 heteroatoms. The van der Waals surface area contributed by atoms with Gasteiger partial charge in [-0.1, -0.05) is 0 Å². The van der Waals surface area contributed by atoms with E-state index in [2.05, 4.69) is 10.1 Å². The first-order valence-electron chi connectivity index (χ1n) is 5.01. The number of aliphatic hydroxyl groups is 1. The summed E-state index contributed by atoms with van der Waals surface area (Å²) in [5, 5.41) is 11.5. The van der Waals surface area contributed by atoms with Gasteiger partial charge in [0.05, 0.1) is 6.61 Å². The molecule has 2 N–H and O–H groups in total. The minimum Gasteiger partial charge on any atom is -0.394 e. The molecule has 0 aliphatic heterocycles. The Balaban J connectivity index is 4.48. The summed E-state index contributed by atoms with van der Waals surface area (Å²) < 4.78 is 76.4. The highest BCUT2D eigenvalue weighted by atomic mass is 19.4. The molecule has 0 fully saturated rings. The molecule has 0 spiro atoms. The van der Waals surface area contributed by atoms with Gasteiger partial charge in [0, 0.05) is 12.1 Å². The van der Waals surface area contributed by atoms with Crippen molar-refractivity contribution in [3.05, 3.63) is 0 Å². The van der Waals surface area contributed by atoms with Gasteiger partial charge >= 0.3 is 12.4 Å². The zero-order chi connectivity index (χ0) is 14.6. The molecule has 0 radical (unpaired) electrons. The number of rotatable bonds is 6. The monoisotopic (exact) mass is 283 g/mol. The average Bonchev–Trinajstić information content (AvgIpc) is 2.20. The summed E-state index contributed by atoms with van der Waals surface area (Å²) in [6.07, 6.45) is -15.0. The fourth-order valence-electron chi connectivity index (χ4n) is 1.06. The SMILES string of the molecule is CNC(C)(CO)CCOC(C(F)(F)F)C(F)(F)F. The van der Waals surface area contributed by atoms with E-state index in [1.165, 1.54) is 14.0 Å². The number of aliphatic hydroxyl groups excluding tert-OH is 1. The second-order valence-electron chi connectivity index (χ2n) is 4.05. The van der Waals surface area contributed by atoms with Gasteiger partial charge in [0.15, 0.2) is 0 Å². The summed E-state index contributed by atoms with van der Waals surface area (Å²) in [7, 11) is 1.43. The molecule has 1 atom stereocenters. The van der Waals surface area contributed by atoms with Crippen LogP contribution in [0.15, 0.2) is 0 Å². The molecule has 0 aromatic heterocycles. The van der Waals surface area contributed by atoms with Crippen LogP contribution in [0.1, 0.15) is 13.3 Å². The highest BCUT2D eigenvalue weighted by molar-refractivity contribution is 4.81. The van der Waals surface area contributed by atoms with Crippen LogP contribution in [0.5, 0.6) is 0 Å². The molecule has 0 amide bonds. The molecule has 3 nitrogen and oxygen atoms in total. The standard InChI is InChI=1S/C9H15F6NO2/c1-7(5-17,16-2)3-4-18-6(8(10,11)12)9(13,14)15/h6,16-17H,3-5H2,1-2H3. The van der Waals surface area contributed by atoms with E-state index in [-0.39, 0.29) is 6.42 Å². The molecule has 0 aromatic rings. The number of ether oxygens (including phenoxy) is 1. The van der Waals surface area contributed by atoms with Crippen LogP contribution in [-0.2, 0) is 4.74 Å². The summed E-state index contributed by atoms with van der Waals surface area (Å²) in [5.41, 5.74) is -0.984. The van der Waals surface area contributed by atoms with Crippen molar-refractivity contribution in [2.24, 2.45) is 0 Å². The molecule has 18 heavy (non-hydrogen) atoms. The first-order chi connectivity index (χ1) is 7.96. The number of alkyl halides is 6. The van der Waals surface area contributed by atoms with Crippen LogP contribution in [0.3, 0.4) is 0 Å². The van der Waals surface area contributed by atoms with Gasteiger partial charge in [-0.3, -0.25) is 0 Å². The number of hydrogen-bond donors (Lipinski definition) is 2. The van der Waals surface area contributed by atoms with Crippen LogP contribution in [0, 0.1) is 0 Å². The average molecular weight is 283 g/mol. The Labute approximate surface area is 100 Å². The number of likely N-dealkylation sites (N-methyl/N-ethyl adjacent to an activating group) is 1. The Morgan fingerprint density at radius 2 is 1.56 bits per heavy atom. The largest absolute Gasteiger partial charge is 0.423 e. The van der Waals surface area contributed by atoms with Gasteiger partial charge in [-0.2, -0.15) is 26.3 Å². The predicted molar refractivity (Wildman–Crippen MR) is 51.0 cm³/mol. The lowest BCUT2D eigenvalue weighted by molar-refractivity contribution is -0.322. The van der Waals surface area contributed by atoms with Crippen molar-refractivity contribution in [3.8, 4) is 0 Å². The van der Waals surface area contributed by atoms with E-state index >= 15 is 0 Å². The summed E-state index contributed by atoms with van der Waals surface area (Å²) in [6, 6.07) is 0. The third-order valence-corrected chi connectivity index (χ3v) is 2.49. The fraction of sp³-hybridized carbons (Fsp3) is 1.00. The number of hydrogen-bond acceptors (Lipinski definition) is 3. The Hall–Kier alpha value is -0.540. The zero-order valence-electron chi connectivity index (χ0n) is 9.82. The normalized spacial score (nSPS) is 17.0. The molecule has 0 aliphatic carbocycles. The quantitative estimate of drug-likeness (QED) is 0.731. The van der Waals surface area contributed by atoms with E-state index in [0.29, 0.717) is 0 Å². The van der Waals surface area contributed by atoms with Crippen molar-refractivity contribution < 1.29 is 36.2 Å². The Morgan fingerprint density at radius 1 is 1.11 bits per heavy atom. The highest BCUT2D eigenvalue weighted by Crippen LogP contribution is 2.35. The molecule has 0 heterocycles. The van der Waals surface area contributed by atoms with Crippen molar-refractivity contribution >= 4 is 0 Å². The Bertz CT molecular complexity index is 234. The van der Waals surface area contributed by atoms with Gasteiger partial charge in [0.2, 0.25) is 6.10 Å². The third kappa shape index (κ3) is 5.40. The zero-order valence-corrected chi connectivity index (χ0v) is 9.82. The maximum absolute atomic E-state index is 12.1. The minimum atomic E-state index is -5.51. The molecule has 0 aliphatic rings. The Kier molecular flexibility index (Phi) is 5.89. The van der Waals surface area contributed by atoms with Crippen molar-refractivity contribution in [2.75, 3.05) is 20.3 Å². The minimum absolute atomic E-state index is 0.192. The lowest BCUT2D eigenvalue weighted by atomic mass is 10.0. The van der Waals surface area contributed by atoms with Gasteiger partial charge < -0.3 is 15.2 Å². The molecule has 1 unspecified atom stereocenters. The maximum atomic E-state index is 12.1. The van der Waals surface area contributed by atoms with Crippen LogP contribution < -0.4 is 5.32 Å². The van der Waals surface area contributed by atoms with Crippen LogP contribution in [0.25, 0.3) is 0 Å². The fourth-order valence-corrected chi connectivity index (χ4v) is 1.06. The van der Waals surface area contributed by atoms with Gasteiger partial charge in [0.1, 0.15) is 0 Å². The van der Waals surface area contributed by atoms with Gasteiger partial charge in [0.25, 0.3) is 0 Å². The van der Waals surface area contributed by atoms with E-state index in [4.69, 9.17) is 5.11 Å². The summed E-state index contributed by atoms with van der Waals surface area (Å²) >= 11 is 0. The topological polar surface area (TPSA) is 41.5 Å². The molecule has 110 valence electrons. The van der Waals surface area contributed by atoms with Gasteiger partial charge in [-0.15, -0.1) is 0 Å².